The monoisotopic (exact) mass is 348 g/mol. The van der Waals surface area contributed by atoms with Crippen molar-refractivity contribution in [3.8, 4) is 0 Å². The summed E-state index contributed by atoms with van der Waals surface area (Å²) < 4.78 is 37.9. The summed E-state index contributed by atoms with van der Waals surface area (Å²) >= 11 is 0. The predicted octanol–water partition coefficient (Wildman–Crippen LogP) is 4.42. The number of carbonyl (C=O) groups is 1. The summed E-state index contributed by atoms with van der Waals surface area (Å²) in [6.45, 7) is 1.15. The second-order valence-electron chi connectivity index (χ2n) is 6.18. The molecule has 0 radical (unpaired) electrons. The van der Waals surface area contributed by atoms with Gasteiger partial charge in [0.2, 0.25) is 0 Å². The van der Waals surface area contributed by atoms with Crippen LogP contribution in [0.2, 0.25) is 0 Å². The van der Waals surface area contributed by atoms with Gasteiger partial charge in [0.05, 0.1) is 5.56 Å². The molecule has 1 atom stereocenters. The highest BCUT2D eigenvalue weighted by Crippen LogP contribution is 2.29. The van der Waals surface area contributed by atoms with Gasteiger partial charge in [0.1, 0.15) is 0 Å². The van der Waals surface area contributed by atoms with E-state index in [1.54, 1.807) is 4.90 Å². The van der Waals surface area contributed by atoms with Gasteiger partial charge in [-0.2, -0.15) is 13.2 Å². The standard InChI is InChI=1S/C19H19F3N2O/c20-19(21,22)15-10-8-14(9-11-15)18(25)24-12-4-7-17(13-24)23-16-5-2-1-3-6-16/h1-3,5-6,8-11,17,23H,4,7,12-13H2. The summed E-state index contributed by atoms with van der Waals surface area (Å²) in [6.07, 6.45) is -2.58. The molecule has 3 nitrogen and oxygen atoms in total. The third kappa shape index (κ3) is 4.32. The van der Waals surface area contributed by atoms with Crippen molar-refractivity contribution in [2.75, 3.05) is 18.4 Å². The second-order valence-corrected chi connectivity index (χ2v) is 6.18. The van der Waals surface area contributed by atoms with Crippen LogP contribution in [0.4, 0.5) is 18.9 Å². The van der Waals surface area contributed by atoms with Gasteiger partial charge in [-0.1, -0.05) is 18.2 Å². The summed E-state index contributed by atoms with van der Waals surface area (Å²) in [5.41, 5.74) is 0.538. The van der Waals surface area contributed by atoms with E-state index in [9.17, 15) is 18.0 Å². The van der Waals surface area contributed by atoms with E-state index in [0.29, 0.717) is 13.1 Å². The fourth-order valence-corrected chi connectivity index (χ4v) is 3.03. The largest absolute Gasteiger partial charge is 0.416 e. The smallest absolute Gasteiger partial charge is 0.381 e. The van der Waals surface area contributed by atoms with E-state index in [1.165, 1.54) is 12.1 Å². The lowest BCUT2D eigenvalue weighted by atomic mass is 10.0. The zero-order valence-electron chi connectivity index (χ0n) is 13.6. The molecule has 0 aliphatic carbocycles. The van der Waals surface area contributed by atoms with Crippen LogP contribution < -0.4 is 5.32 Å². The number of halogens is 3. The molecule has 0 saturated carbocycles. The summed E-state index contributed by atoms with van der Waals surface area (Å²) in [7, 11) is 0. The number of likely N-dealkylation sites (tertiary alicyclic amines) is 1. The first-order valence-corrected chi connectivity index (χ1v) is 8.21. The fraction of sp³-hybridized carbons (Fsp3) is 0.316. The minimum absolute atomic E-state index is 0.134. The van der Waals surface area contributed by atoms with Gasteiger partial charge in [-0.3, -0.25) is 4.79 Å². The highest BCUT2D eigenvalue weighted by atomic mass is 19.4. The third-order valence-corrected chi connectivity index (χ3v) is 4.31. The maximum absolute atomic E-state index is 12.6. The van der Waals surface area contributed by atoms with Crippen LogP contribution in [0.15, 0.2) is 54.6 Å². The Morgan fingerprint density at radius 3 is 2.36 bits per heavy atom. The van der Waals surface area contributed by atoms with Gasteiger partial charge in [-0.15, -0.1) is 0 Å². The van der Waals surface area contributed by atoms with Crippen LogP contribution in [0.25, 0.3) is 0 Å². The minimum atomic E-state index is -4.39. The Morgan fingerprint density at radius 2 is 1.72 bits per heavy atom. The van der Waals surface area contributed by atoms with E-state index in [-0.39, 0.29) is 17.5 Å². The Balaban J connectivity index is 1.65. The summed E-state index contributed by atoms with van der Waals surface area (Å²) in [5, 5.41) is 3.40. The lowest BCUT2D eigenvalue weighted by Gasteiger charge is -2.33. The zero-order valence-corrected chi connectivity index (χ0v) is 13.6. The van der Waals surface area contributed by atoms with E-state index in [2.05, 4.69) is 5.32 Å². The summed E-state index contributed by atoms with van der Waals surface area (Å²) in [4.78, 5) is 14.3. The number of carbonyl (C=O) groups excluding carboxylic acids is 1. The van der Waals surface area contributed by atoms with Crippen molar-refractivity contribution in [1.29, 1.82) is 0 Å². The molecule has 0 bridgehead atoms. The Labute approximate surface area is 144 Å². The average Bonchev–Trinajstić information content (AvgIpc) is 2.61. The molecule has 132 valence electrons. The Bertz CT molecular complexity index is 714. The second kappa shape index (κ2) is 7.17. The number of nitrogens with zero attached hydrogens (tertiary/aromatic N) is 1. The molecule has 2 aromatic rings. The molecular weight excluding hydrogens is 329 g/mol. The topological polar surface area (TPSA) is 32.3 Å². The quantitative estimate of drug-likeness (QED) is 0.890. The van der Waals surface area contributed by atoms with Crippen molar-refractivity contribution in [3.05, 3.63) is 65.7 Å². The Kier molecular flexibility index (Phi) is 4.97. The van der Waals surface area contributed by atoms with E-state index < -0.39 is 11.7 Å². The first-order valence-electron chi connectivity index (χ1n) is 8.21. The highest BCUT2D eigenvalue weighted by Gasteiger charge is 2.31. The van der Waals surface area contributed by atoms with Crippen molar-refractivity contribution in [1.82, 2.24) is 4.90 Å². The summed E-state index contributed by atoms with van der Waals surface area (Å²) in [6, 6.07) is 14.3. The molecule has 1 heterocycles. The lowest BCUT2D eigenvalue weighted by molar-refractivity contribution is -0.137. The first-order chi connectivity index (χ1) is 11.9. The third-order valence-electron chi connectivity index (χ3n) is 4.31. The maximum atomic E-state index is 12.6. The number of alkyl halides is 3. The molecular formula is C19H19F3N2O. The van der Waals surface area contributed by atoms with E-state index in [1.807, 2.05) is 30.3 Å². The average molecular weight is 348 g/mol. The normalized spacial score (nSPS) is 18.0. The van der Waals surface area contributed by atoms with Gasteiger partial charge < -0.3 is 10.2 Å². The number of nitrogens with one attached hydrogen (secondary N) is 1. The van der Waals surface area contributed by atoms with Crippen molar-refractivity contribution in [2.45, 2.75) is 25.1 Å². The number of amides is 1. The van der Waals surface area contributed by atoms with Crippen LogP contribution in [0, 0.1) is 0 Å². The van der Waals surface area contributed by atoms with Crippen LogP contribution >= 0.6 is 0 Å². The zero-order chi connectivity index (χ0) is 17.9. The molecule has 6 heteroatoms. The van der Waals surface area contributed by atoms with Crippen molar-refractivity contribution >= 4 is 11.6 Å². The predicted molar refractivity (Wildman–Crippen MR) is 90.4 cm³/mol. The maximum Gasteiger partial charge on any atom is 0.416 e. The SMILES string of the molecule is O=C(c1ccc(C(F)(F)F)cc1)N1CCCC(Nc2ccccc2)C1. The van der Waals surface area contributed by atoms with E-state index in [0.717, 1.165) is 30.7 Å². The van der Waals surface area contributed by atoms with Gasteiger partial charge in [-0.25, -0.2) is 0 Å². The van der Waals surface area contributed by atoms with Crippen LogP contribution in [0.1, 0.15) is 28.8 Å². The van der Waals surface area contributed by atoms with E-state index >= 15 is 0 Å². The highest BCUT2D eigenvalue weighted by molar-refractivity contribution is 5.94. The molecule has 0 aromatic heterocycles. The van der Waals surface area contributed by atoms with Crippen LogP contribution in [0.5, 0.6) is 0 Å². The fourth-order valence-electron chi connectivity index (χ4n) is 3.03. The minimum Gasteiger partial charge on any atom is -0.381 e. The van der Waals surface area contributed by atoms with E-state index in [4.69, 9.17) is 0 Å². The lowest BCUT2D eigenvalue weighted by Crippen LogP contribution is -2.45. The molecule has 3 rings (SSSR count). The summed E-state index contributed by atoms with van der Waals surface area (Å²) in [5.74, 6) is -0.228. The molecule has 1 saturated heterocycles. The van der Waals surface area contributed by atoms with Crippen LogP contribution in [-0.2, 0) is 6.18 Å². The first kappa shape index (κ1) is 17.3. The number of hydrogen-bond donors (Lipinski definition) is 1. The number of benzene rings is 2. The van der Waals surface area contributed by atoms with Gasteiger partial charge in [0.15, 0.2) is 0 Å². The molecule has 2 aromatic carbocycles. The number of para-hydroxylation sites is 1. The van der Waals surface area contributed by atoms with Crippen LogP contribution in [-0.4, -0.2) is 29.9 Å². The van der Waals surface area contributed by atoms with Crippen molar-refractivity contribution < 1.29 is 18.0 Å². The van der Waals surface area contributed by atoms with Gasteiger partial charge in [0.25, 0.3) is 5.91 Å². The van der Waals surface area contributed by atoms with Crippen molar-refractivity contribution in [3.63, 3.8) is 0 Å². The van der Waals surface area contributed by atoms with Gasteiger partial charge in [0, 0.05) is 30.4 Å². The number of rotatable bonds is 3. The number of hydrogen-bond acceptors (Lipinski definition) is 2. The Hall–Kier alpha value is -2.50. The molecule has 1 aliphatic rings. The molecule has 25 heavy (non-hydrogen) atoms. The number of anilines is 1. The molecule has 1 fully saturated rings. The molecule has 1 unspecified atom stereocenters. The van der Waals surface area contributed by atoms with Gasteiger partial charge >= 0.3 is 6.18 Å². The molecule has 1 N–H and O–H groups in total. The number of piperidine rings is 1. The van der Waals surface area contributed by atoms with Crippen LogP contribution in [0.3, 0.4) is 0 Å². The Morgan fingerprint density at radius 1 is 1.04 bits per heavy atom. The van der Waals surface area contributed by atoms with Gasteiger partial charge in [-0.05, 0) is 49.2 Å². The van der Waals surface area contributed by atoms with Crippen molar-refractivity contribution in [2.24, 2.45) is 0 Å². The molecule has 1 aliphatic heterocycles. The molecule has 0 spiro atoms. The molecule has 1 amide bonds.